The SMILES string of the molecule is CCOC(=O)[C@H]1[C@H]2C(=O)N([C@@H](CC)CO)[C@H](C(=O)Nc3c(C)cccc3C)[C@H]2C=C[C@H]1CC. The number of nitrogens with zero attached hydrogens (tertiary/aromatic N) is 1. The highest BCUT2D eigenvalue weighted by Gasteiger charge is 2.58. The number of hydrogen-bond acceptors (Lipinski definition) is 5. The average Bonchev–Trinajstić information content (AvgIpc) is 3.09. The van der Waals surface area contributed by atoms with Crippen molar-refractivity contribution in [2.75, 3.05) is 18.5 Å². The molecule has 1 aliphatic carbocycles. The van der Waals surface area contributed by atoms with Gasteiger partial charge in [-0.3, -0.25) is 14.4 Å². The van der Waals surface area contributed by atoms with Gasteiger partial charge in [-0.25, -0.2) is 0 Å². The summed E-state index contributed by atoms with van der Waals surface area (Å²) in [6.07, 6.45) is 5.07. The van der Waals surface area contributed by atoms with E-state index in [9.17, 15) is 19.5 Å². The fourth-order valence-corrected chi connectivity index (χ4v) is 5.41. The van der Waals surface area contributed by atoms with Crippen LogP contribution in [0.25, 0.3) is 0 Å². The first-order valence-corrected chi connectivity index (χ1v) is 12.0. The van der Waals surface area contributed by atoms with Crippen LogP contribution in [-0.2, 0) is 19.1 Å². The van der Waals surface area contributed by atoms with Gasteiger partial charge in [0.2, 0.25) is 11.8 Å². The molecule has 2 N–H and O–H groups in total. The van der Waals surface area contributed by atoms with Gasteiger partial charge < -0.3 is 20.1 Å². The number of allylic oxidation sites excluding steroid dienone is 1. The highest BCUT2D eigenvalue weighted by atomic mass is 16.5. The quantitative estimate of drug-likeness (QED) is 0.463. The lowest BCUT2D eigenvalue weighted by Gasteiger charge is -2.34. The number of nitrogens with one attached hydrogen (secondary N) is 1. The van der Waals surface area contributed by atoms with Gasteiger partial charge in [-0.15, -0.1) is 0 Å². The topological polar surface area (TPSA) is 95.9 Å². The van der Waals surface area contributed by atoms with Crippen LogP contribution in [-0.4, -0.2) is 53.1 Å². The Kier molecular flexibility index (Phi) is 7.95. The van der Waals surface area contributed by atoms with E-state index in [1.54, 1.807) is 6.92 Å². The molecule has 0 unspecified atom stereocenters. The number of esters is 1. The van der Waals surface area contributed by atoms with Crippen LogP contribution < -0.4 is 5.32 Å². The minimum atomic E-state index is -0.815. The van der Waals surface area contributed by atoms with Crippen molar-refractivity contribution in [2.24, 2.45) is 23.7 Å². The predicted octanol–water partition coefficient (Wildman–Crippen LogP) is 3.23. The zero-order valence-corrected chi connectivity index (χ0v) is 20.2. The summed E-state index contributed by atoms with van der Waals surface area (Å²) >= 11 is 0. The van der Waals surface area contributed by atoms with Crippen LogP contribution in [0.5, 0.6) is 0 Å². The maximum atomic E-state index is 13.8. The molecule has 2 aliphatic rings. The van der Waals surface area contributed by atoms with E-state index in [1.165, 1.54) is 4.90 Å². The summed E-state index contributed by atoms with van der Waals surface area (Å²) in [5, 5.41) is 13.1. The minimum absolute atomic E-state index is 0.134. The Morgan fingerprint density at radius 1 is 1.15 bits per heavy atom. The zero-order valence-electron chi connectivity index (χ0n) is 20.2. The molecule has 6 atom stereocenters. The molecule has 1 saturated heterocycles. The monoisotopic (exact) mass is 456 g/mol. The molecular weight excluding hydrogens is 420 g/mol. The maximum absolute atomic E-state index is 13.8. The highest BCUT2D eigenvalue weighted by molar-refractivity contribution is 6.02. The molecule has 0 saturated carbocycles. The fourth-order valence-electron chi connectivity index (χ4n) is 5.41. The van der Waals surface area contributed by atoms with E-state index < -0.39 is 35.8 Å². The summed E-state index contributed by atoms with van der Waals surface area (Å²) in [5.74, 6) is -2.90. The smallest absolute Gasteiger partial charge is 0.310 e. The molecule has 180 valence electrons. The number of amides is 2. The molecule has 1 aromatic rings. The Hall–Kier alpha value is -2.67. The van der Waals surface area contributed by atoms with Gasteiger partial charge in [0.25, 0.3) is 0 Å². The van der Waals surface area contributed by atoms with Crippen molar-refractivity contribution in [3.8, 4) is 0 Å². The number of carbonyl (C=O) groups excluding carboxylic acids is 3. The van der Waals surface area contributed by atoms with Crippen molar-refractivity contribution < 1.29 is 24.2 Å². The second-order valence-electron chi connectivity index (χ2n) is 9.03. The van der Waals surface area contributed by atoms with Gasteiger partial charge >= 0.3 is 5.97 Å². The van der Waals surface area contributed by atoms with Crippen LogP contribution in [0.15, 0.2) is 30.4 Å². The van der Waals surface area contributed by atoms with Gasteiger partial charge in [0.05, 0.1) is 31.1 Å². The lowest BCUT2D eigenvalue weighted by Crippen LogP contribution is -2.50. The van der Waals surface area contributed by atoms with Crippen LogP contribution in [0, 0.1) is 37.5 Å². The number of anilines is 1. The first kappa shape index (κ1) is 25.0. The third-order valence-electron chi connectivity index (χ3n) is 7.15. The molecule has 33 heavy (non-hydrogen) atoms. The van der Waals surface area contributed by atoms with Gasteiger partial charge in [0.15, 0.2) is 0 Å². The largest absolute Gasteiger partial charge is 0.466 e. The molecule has 0 radical (unpaired) electrons. The summed E-state index contributed by atoms with van der Waals surface area (Å²) in [5.41, 5.74) is 2.59. The zero-order chi connectivity index (χ0) is 24.3. The van der Waals surface area contributed by atoms with E-state index in [4.69, 9.17) is 4.74 Å². The molecule has 1 fully saturated rings. The number of benzene rings is 1. The van der Waals surface area contributed by atoms with Gasteiger partial charge in [-0.2, -0.15) is 0 Å². The Labute approximate surface area is 196 Å². The second-order valence-corrected chi connectivity index (χ2v) is 9.03. The number of aliphatic hydroxyl groups is 1. The van der Waals surface area contributed by atoms with E-state index in [2.05, 4.69) is 5.32 Å². The molecule has 0 aromatic heterocycles. The molecule has 7 heteroatoms. The summed E-state index contributed by atoms with van der Waals surface area (Å²) in [4.78, 5) is 41.9. The normalized spacial score (nSPS) is 27.3. The first-order valence-electron chi connectivity index (χ1n) is 12.0. The van der Waals surface area contributed by atoms with E-state index in [1.807, 2.05) is 58.0 Å². The Morgan fingerprint density at radius 2 is 1.82 bits per heavy atom. The van der Waals surface area contributed by atoms with Crippen molar-refractivity contribution in [1.29, 1.82) is 0 Å². The number of fused-ring (bicyclic) bond motifs is 1. The maximum Gasteiger partial charge on any atom is 0.310 e. The van der Waals surface area contributed by atoms with E-state index in [0.29, 0.717) is 12.8 Å². The number of carbonyl (C=O) groups is 3. The average molecular weight is 457 g/mol. The number of aryl methyl sites for hydroxylation is 2. The third-order valence-corrected chi connectivity index (χ3v) is 7.15. The van der Waals surface area contributed by atoms with Crippen molar-refractivity contribution in [3.63, 3.8) is 0 Å². The molecule has 1 aliphatic heterocycles. The van der Waals surface area contributed by atoms with Crippen molar-refractivity contribution in [2.45, 2.75) is 59.5 Å². The highest BCUT2D eigenvalue weighted by Crippen LogP contribution is 2.46. The fraction of sp³-hybridized carbons (Fsp3) is 0.577. The van der Waals surface area contributed by atoms with Gasteiger partial charge in [-0.1, -0.05) is 44.2 Å². The Bertz CT molecular complexity index is 903. The summed E-state index contributed by atoms with van der Waals surface area (Å²) in [7, 11) is 0. The van der Waals surface area contributed by atoms with Gasteiger partial charge in [-0.05, 0) is 50.7 Å². The number of para-hydroxylation sites is 1. The summed E-state index contributed by atoms with van der Waals surface area (Å²) < 4.78 is 5.35. The van der Waals surface area contributed by atoms with Crippen LogP contribution in [0.1, 0.15) is 44.7 Å². The summed E-state index contributed by atoms with van der Waals surface area (Å²) in [6.45, 7) is 9.44. The minimum Gasteiger partial charge on any atom is -0.466 e. The molecule has 1 aromatic carbocycles. The molecule has 1 heterocycles. The van der Waals surface area contributed by atoms with Crippen LogP contribution >= 0.6 is 0 Å². The van der Waals surface area contributed by atoms with Gasteiger partial charge in [0, 0.05) is 11.6 Å². The number of rotatable bonds is 8. The number of hydrogen-bond donors (Lipinski definition) is 2. The standard InChI is InChI=1S/C26H36N2O5/c1-6-17-12-13-19-21(20(17)26(32)33-8-3)25(31)28(18(7-2)14-29)23(19)24(30)27-22-15(4)10-9-11-16(22)5/h9-13,17-21,23,29H,6-8,14H2,1-5H3,(H,27,30)/t17-,18+,19+,20-,21+,23+/m1/s1. The van der Waals surface area contributed by atoms with Crippen LogP contribution in [0.2, 0.25) is 0 Å². The van der Waals surface area contributed by atoms with Crippen LogP contribution in [0.3, 0.4) is 0 Å². The van der Waals surface area contributed by atoms with Crippen LogP contribution in [0.4, 0.5) is 5.69 Å². The van der Waals surface area contributed by atoms with E-state index in [0.717, 1.165) is 16.8 Å². The van der Waals surface area contributed by atoms with Crippen molar-refractivity contribution in [1.82, 2.24) is 4.90 Å². The predicted molar refractivity (Wildman–Crippen MR) is 126 cm³/mol. The molecule has 0 bridgehead atoms. The number of aliphatic hydroxyl groups excluding tert-OH is 1. The molecule has 0 spiro atoms. The Balaban J connectivity index is 2.05. The number of ether oxygens (including phenoxy) is 1. The van der Waals surface area contributed by atoms with Crippen molar-refractivity contribution >= 4 is 23.5 Å². The molecular formula is C26H36N2O5. The number of likely N-dealkylation sites (tertiary alicyclic amines) is 1. The van der Waals surface area contributed by atoms with E-state index in [-0.39, 0.29) is 30.9 Å². The lowest BCUT2D eigenvalue weighted by molar-refractivity contribution is -0.156. The lowest BCUT2D eigenvalue weighted by atomic mass is 9.69. The third kappa shape index (κ3) is 4.56. The first-order chi connectivity index (χ1) is 15.8. The summed E-state index contributed by atoms with van der Waals surface area (Å²) in [6, 6.07) is 4.46. The van der Waals surface area contributed by atoms with Crippen molar-refractivity contribution in [3.05, 3.63) is 41.5 Å². The van der Waals surface area contributed by atoms with Gasteiger partial charge in [0.1, 0.15) is 6.04 Å². The molecule has 2 amide bonds. The van der Waals surface area contributed by atoms with E-state index >= 15 is 0 Å². The molecule has 7 nitrogen and oxygen atoms in total. The second kappa shape index (κ2) is 10.5. The molecule has 3 rings (SSSR count). The Morgan fingerprint density at radius 3 is 2.36 bits per heavy atom.